The Morgan fingerprint density at radius 3 is 2.78 bits per heavy atom. The summed E-state index contributed by atoms with van der Waals surface area (Å²) in [5, 5.41) is 13.2. The van der Waals surface area contributed by atoms with E-state index in [1.807, 2.05) is 47.4 Å². The molecule has 4 nitrogen and oxygen atoms in total. The molecule has 0 aliphatic carbocycles. The molecule has 0 fully saturated rings. The van der Waals surface area contributed by atoms with Crippen molar-refractivity contribution in [2.45, 2.75) is 13.0 Å². The zero-order chi connectivity index (χ0) is 12.8. The predicted octanol–water partition coefficient (Wildman–Crippen LogP) is 1.69. The van der Waals surface area contributed by atoms with Gasteiger partial charge in [0.15, 0.2) is 0 Å². The van der Waals surface area contributed by atoms with Gasteiger partial charge >= 0.3 is 0 Å². The van der Waals surface area contributed by atoms with Gasteiger partial charge in [-0.25, -0.2) is 4.68 Å². The van der Waals surface area contributed by atoms with Crippen LogP contribution < -0.4 is 0 Å². The van der Waals surface area contributed by atoms with E-state index < -0.39 is 0 Å². The van der Waals surface area contributed by atoms with Gasteiger partial charge < -0.3 is 10.0 Å². The van der Waals surface area contributed by atoms with Crippen LogP contribution in [0.5, 0.6) is 0 Å². The molecule has 0 saturated heterocycles. The maximum Gasteiger partial charge on any atom is 0.0645 e. The van der Waals surface area contributed by atoms with Crippen molar-refractivity contribution in [1.82, 2.24) is 14.7 Å². The average molecular weight is 245 g/mol. The number of aliphatic hydroxyl groups is 1. The standard InChI is InChI=1S/C14H19N3O/c1-16(8-5-9-18)11-13-10-15-17(12-13)14-6-3-2-4-7-14/h2-4,6-7,10,12,18H,5,8-9,11H2,1H3. The normalized spacial score (nSPS) is 11.1. The molecule has 18 heavy (non-hydrogen) atoms. The van der Waals surface area contributed by atoms with Gasteiger partial charge in [0.2, 0.25) is 0 Å². The van der Waals surface area contributed by atoms with Crippen LogP contribution in [0.25, 0.3) is 5.69 Å². The minimum atomic E-state index is 0.244. The highest BCUT2D eigenvalue weighted by atomic mass is 16.3. The van der Waals surface area contributed by atoms with Crippen LogP contribution in [0.1, 0.15) is 12.0 Å². The average Bonchev–Trinajstić information content (AvgIpc) is 2.86. The van der Waals surface area contributed by atoms with Crippen LogP contribution in [0.3, 0.4) is 0 Å². The van der Waals surface area contributed by atoms with Crippen LogP contribution in [0.15, 0.2) is 42.7 Å². The molecule has 0 unspecified atom stereocenters. The number of hydrogen-bond acceptors (Lipinski definition) is 3. The number of nitrogens with zero attached hydrogens (tertiary/aromatic N) is 3. The van der Waals surface area contributed by atoms with Gasteiger partial charge in [-0.05, 0) is 25.6 Å². The van der Waals surface area contributed by atoms with Gasteiger partial charge in [0.25, 0.3) is 0 Å². The van der Waals surface area contributed by atoms with E-state index in [0.717, 1.165) is 25.2 Å². The molecule has 1 aromatic heterocycles. The summed E-state index contributed by atoms with van der Waals surface area (Å²) in [5.74, 6) is 0. The molecule has 0 atom stereocenters. The fraction of sp³-hybridized carbons (Fsp3) is 0.357. The molecule has 4 heteroatoms. The first-order chi connectivity index (χ1) is 8.79. The Labute approximate surface area is 107 Å². The van der Waals surface area contributed by atoms with E-state index in [4.69, 9.17) is 5.11 Å². The van der Waals surface area contributed by atoms with E-state index in [9.17, 15) is 0 Å². The Hall–Kier alpha value is -1.65. The van der Waals surface area contributed by atoms with Crippen LogP contribution in [-0.2, 0) is 6.54 Å². The Balaban J connectivity index is 1.98. The second kappa shape index (κ2) is 6.33. The lowest BCUT2D eigenvalue weighted by Gasteiger charge is -2.14. The number of para-hydroxylation sites is 1. The first-order valence-corrected chi connectivity index (χ1v) is 6.18. The Kier molecular flexibility index (Phi) is 4.50. The molecule has 0 amide bonds. The topological polar surface area (TPSA) is 41.3 Å². The van der Waals surface area contributed by atoms with Gasteiger partial charge in [-0.1, -0.05) is 18.2 Å². The third-order valence-electron chi connectivity index (χ3n) is 2.81. The molecule has 0 bridgehead atoms. The summed E-state index contributed by atoms with van der Waals surface area (Å²) in [7, 11) is 2.05. The number of aromatic nitrogens is 2. The number of hydrogen-bond donors (Lipinski definition) is 1. The number of rotatable bonds is 6. The fourth-order valence-corrected chi connectivity index (χ4v) is 1.90. The maximum absolute atomic E-state index is 8.79. The van der Waals surface area contributed by atoms with Gasteiger partial charge in [0.05, 0.1) is 11.9 Å². The molecular formula is C14H19N3O. The lowest BCUT2D eigenvalue weighted by molar-refractivity contribution is 0.244. The lowest BCUT2D eigenvalue weighted by atomic mass is 10.3. The van der Waals surface area contributed by atoms with Gasteiger partial charge in [-0.2, -0.15) is 5.10 Å². The summed E-state index contributed by atoms with van der Waals surface area (Å²) in [6, 6.07) is 10.1. The zero-order valence-corrected chi connectivity index (χ0v) is 10.7. The smallest absolute Gasteiger partial charge is 0.0645 e. The zero-order valence-electron chi connectivity index (χ0n) is 10.7. The van der Waals surface area contributed by atoms with Gasteiger partial charge in [-0.15, -0.1) is 0 Å². The molecule has 1 aromatic carbocycles. The van der Waals surface area contributed by atoms with Crippen LogP contribution in [-0.4, -0.2) is 40.0 Å². The van der Waals surface area contributed by atoms with Gasteiger partial charge in [0.1, 0.15) is 0 Å². The van der Waals surface area contributed by atoms with Crippen molar-refractivity contribution in [3.8, 4) is 5.69 Å². The minimum absolute atomic E-state index is 0.244. The molecule has 1 N–H and O–H groups in total. The van der Waals surface area contributed by atoms with Crippen molar-refractivity contribution in [3.63, 3.8) is 0 Å². The summed E-state index contributed by atoms with van der Waals surface area (Å²) < 4.78 is 1.88. The SMILES string of the molecule is CN(CCCO)Cc1cnn(-c2ccccc2)c1. The van der Waals surface area contributed by atoms with E-state index in [2.05, 4.69) is 17.0 Å². The van der Waals surface area contributed by atoms with Crippen molar-refractivity contribution >= 4 is 0 Å². The molecule has 0 aliphatic rings. The van der Waals surface area contributed by atoms with E-state index in [0.29, 0.717) is 0 Å². The quantitative estimate of drug-likeness (QED) is 0.842. The summed E-state index contributed by atoms with van der Waals surface area (Å²) >= 11 is 0. The van der Waals surface area contributed by atoms with Crippen molar-refractivity contribution in [3.05, 3.63) is 48.3 Å². The second-order valence-corrected chi connectivity index (χ2v) is 4.44. The third kappa shape index (κ3) is 3.42. The summed E-state index contributed by atoms with van der Waals surface area (Å²) in [4.78, 5) is 2.18. The van der Waals surface area contributed by atoms with Gasteiger partial charge in [-0.3, -0.25) is 0 Å². The largest absolute Gasteiger partial charge is 0.396 e. The second-order valence-electron chi connectivity index (χ2n) is 4.44. The third-order valence-corrected chi connectivity index (χ3v) is 2.81. The molecule has 0 radical (unpaired) electrons. The Bertz CT molecular complexity index is 467. The molecular weight excluding hydrogens is 226 g/mol. The Morgan fingerprint density at radius 2 is 2.06 bits per heavy atom. The molecule has 0 spiro atoms. The summed E-state index contributed by atoms with van der Waals surface area (Å²) in [5.41, 5.74) is 2.25. The highest BCUT2D eigenvalue weighted by Crippen LogP contribution is 2.09. The fourth-order valence-electron chi connectivity index (χ4n) is 1.90. The molecule has 2 aromatic rings. The number of benzene rings is 1. The maximum atomic E-state index is 8.79. The first kappa shape index (κ1) is 12.8. The first-order valence-electron chi connectivity index (χ1n) is 6.18. The van der Waals surface area contributed by atoms with Crippen molar-refractivity contribution < 1.29 is 5.11 Å². The van der Waals surface area contributed by atoms with E-state index in [-0.39, 0.29) is 6.61 Å². The molecule has 2 rings (SSSR count). The van der Waals surface area contributed by atoms with Gasteiger partial charge in [0, 0.05) is 31.5 Å². The summed E-state index contributed by atoms with van der Waals surface area (Å²) in [6.07, 6.45) is 4.75. The molecule has 1 heterocycles. The molecule has 0 aliphatic heterocycles. The lowest BCUT2D eigenvalue weighted by Crippen LogP contribution is -2.19. The number of aliphatic hydroxyl groups excluding tert-OH is 1. The Morgan fingerprint density at radius 1 is 1.28 bits per heavy atom. The monoisotopic (exact) mass is 245 g/mol. The van der Waals surface area contributed by atoms with Crippen molar-refractivity contribution in [2.75, 3.05) is 20.2 Å². The van der Waals surface area contributed by atoms with Crippen LogP contribution in [0.2, 0.25) is 0 Å². The van der Waals surface area contributed by atoms with Crippen molar-refractivity contribution in [2.24, 2.45) is 0 Å². The minimum Gasteiger partial charge on any atom is -0.396 e. The van der Waals surface area contributed by atoms with Crippen molar-refractivity contribution in [1.29, 1.82) is 0 Å². The van der Waals surface area contributed by atoms with E-state index >= 15 is 0 Å². The summed E-state index contributed by atoms with van der Waals surface area (Å²) in [6.45, 7) is 1.99. The molecule has 0 saturated carbocycles. The highest BCUT2D eigenvalue weighted by Gasteiger charge is 2.03. The molecule has 96 valence electrons. The predicted molar refractivity (Wildman–Crippen MR) is 71.6 cm³/mol. The van der Waals surface area contributed by atoms with Crippen LogP contribution in [0.4, 0.5) is 0 Å². The highest BCUT2D eigenvalue weighted by molar-refractivity contribution is 5.30. The van der Waals surface area contributed by atoms with Crippen LogP contribution >= 0.6 is 0 Å². The van der Waals surface area contributed by atoms with E-state index in [1.165, 1.54) is 5.56 Å². The van der Waals surface area contributed by atoms with Crippen LogP contribution in [0, 0.1) is 0 Å². The van der Waals surface area contributed by atoms with E-state index in [1.54, 1.807) is 0 Å².